The molecule has 0 saturated carbocycles. The van der Waals surface area contributed by atoms with E-state index in [-0.39, 0.29) is 28.2 Å². The molecule has 0 radical (unpaired) electrons. The number of nitrogens with zero attached hydrogens (tertiary/aromatic N) is 1. The zero-order chi connectivity index (χ0) is 16.4. The molecule has 0 aromatic carbocycles. The predicted molar refractivity (Wildman–Crippen MR) is 105 cm³/mol. The minimum atomic E-state index is -3.63. The van der Waals surface area contributed by atoms with Crippen molar-refractivity contribution in [3.63, 3.8) is 0 Å². The average molecular weight is 476 g/mol. The Morgan fingerprint density at radius 1 is 1.35 bits per heavy atom. The number of primary sulfonamides is 1. The number of sulfonamides is 1. The smallest absolute Gasteiger partial charge is 0.247 e. The summed E-state index contributed by atoms with van der Waals surface area (Å²) in [4.78, 5) is 5.27. The second-order valence-corrected chi connectivity index (χ2v) is 7.39. The van der Waals surface area contributed by atoms with E-state index < -0.39 is 10.0 Å². The van der Waals surface area contributed by atoms with Crippen molar-refractivity contribution < 1.29 is 13.2 Å². The molecule has 0 spiro atoms. The van der Waals surface area contributed by atoms with Crippen LogP contribution in [0.5, 0.6) is 0 Å². The van der Waals surface area contributed by atoms with Crippen molar-refractivity contribution in [2.24, 2.45) is 10.1 Å². The average Bonchev–Trinajstić information content (AvgIpc) is 2.93. The highest BCUT2D eigenvalue weighted by Crippen LogP contribution is 2.20. The van der Waals surface area contributed by atoms with Crippen LogP contribution in [0.1, 0.15) is 25.1 Å². The van der Waals surface area contributed by atoms with E-state index >= 15 is 0 Å². The van der Waals surface area contributed by atoms with E-state index in [9.17, 15) is 8.42 Å². The second kappa shape index (κ2) is 12.0. The van der Waals surface area contributed by atoms with Gasteiger partial charge in [0.15, 0.2) is 5.96 Å². The SMILES string of the molecule is CCNC(=NCc1ccc(S(N)(=O)=O)s1)NCCCOCC.I. The summed E-state index contributed by atoms with van der Waals surface area (Å²) in [6.45, 7) is 7.31. The molecule has 1 heterocycles. The number of nitrogens with one attached hydrogen (secondary N) is 2. The van der Waals surface area contributed by atoms with Gasteiger partial charge in [0, 0.05) is 31.2 Å². The maximum absolute atomic E-state index is 11.2. The summed E-state index contributed by atoms with van der Waals surface area (Å²) in [5.41, 5.74) is 0. The Morgan fingerprint density at radius 2 is 2.09 bits per heavy atom. The van der Waals surface area contributed by atoms with E-state index in [4.69, 9.17) is 9.88 Å². The van der Waals surface area contributed by atoms with Gasteiger partial charge in [-0.2, -0.15) is 0 Å². The molecule has 0 bridgehead atoms. The number of hydrogen-bond donors (Lipinski definition) is 3. The molecule has 4 N–H and O–H groups in total. The third-order valence-electron chi connectivity index (χ3n) is 2.62. The molecule has 23 heavy (non-hydrogen) atoms. The lowest BCUT2D eigenvalue weighted by molar-refractivity contribution is 0.145. The highest BCUT2D eigenvalue weighted by atomic mass is 127. The molecule has 0 saturated heterocycles. The fraction of sp³-hybridized carbons (Fsp3) is 0.615. The monoisotopic (exact) mass is 476 g/mol. The fourth-order valence-corrected chi connectivity index (χ4v) is 3.32. The van der Waals surface area contributed by atoms with Gasteiger partial charge in [0.05, 0.1) is 6.54 Å². The van der Waals surface area contributed by atoms with E-state index in [2.05, 4.69) is 15.6 Å². The molecule has 0 aliphatic rings. The molecule has 0 atom stereocenters. The van der Waals surface area contributed by atoms with Crippen molar-refractivity contribution in [2.75, 3.05) is 26.3 Å². The van der Waals surface area contributed by atoms with Gasteiger partial charge in [0.25, 0.3) is 0 Å². The molecular weight excluding hydrogens is 451 g/mol. The summed E-state index contributed by atoms with van der Waals surface area (Å²) < 4.78 is 27.9. The van der Waals surface area contributed by atoms with Crippen LogP contribution in [0, 0.1) is 0 Å². The Labute approximate surface area is 159 Å². The van der Waals surface area contributed by atoms with E-state index in [1.165, 1.54) is 6.07 Å². The largest absolute Gasteiger partial charge is 0.382 e. The van der Waals surface area contributed by atoms with Gasteiger partial charge in [-0.05, 0) is 32.4 Å². The van der Waals surface area contributed by atoms with Crippen LogP contribution in [0.25, 0.3) is 0 Å². The van der Waals surface area contributed by atoms with Gasteiger partial charge in [-0.25, -0.2) is 18.5 Å². The van der Waals surface area contributed by atoms with Crippen LogP contribution in [0.3, 0.4) is 0 Å². The zero-order valence-electron chi connectivity index (χ0n) is 13.4. The molecule has 10 heteroatoms. The number of guanidine groups is 1. The summed E-state index contributed by atoms with van der Waals surface area (Å²) >= 11 is 1.14. The number of halogens is 1. The molecule has 0 unspecified atom stereocenters. The normalized spacial score (nSPS) is 11.9. The molecule has 0 amide bonds. The number of rotatable bonds is 9. The molecular formula is C13H25IN4O3S2. The van der Waals surface area contributed by atoms with Crippen molar-refractivity contribution in [1.82, 2.24) is 10.6 Å². The van der Waals surface area contributed by atoms with Crippen LogP contribution in [-0.4, -0.2) is 40.7 Å². The fourth-order valence-electron chi connectivity index (χ4n) is 1.62. The highest BCUT2D eigenvalue weighted by Gasteiger charge is 2.10. The first-order chi connectivity index (χ1) is 10.5. The van der Waals surface area contributed by atoms with Crippen LogP contribution >= 0.6 is 35.3 Å². The van der Waals surface area contributed by atoms with Crippen molar-refractivity contribution in [1.29, 1.82) is 0 Å². The van der Waals surface area contributed by atoms with Crippen molar-refractivity contribution in [2.45, 2.75) is 31.0 Å². The first-order valence-corrected chi connectivity index (χ1v) is 9.55. The van der Waals surface area contributed by atoms with Crippen molar-refractivity contribution in [3.05, 3.63) is 17.0 Å². The third-order valence-corrected chi connectivity index (χ3v) is 5.13. The van der Waals surface area contributed by atoms with E-state index in [1.807, 2.05) is 13.8 Å². The molecule has 1 aromatic heterocycles. The van der Waals surface area contributed by atoms with Gasteiger partial charge in [0.2, 0.25) is 10.0 Å². The highest BCUT2D eigenvalue weighted by molar-refractivity contribution is 14.0. The molecule has 0 aliphatic carbocycles. The summed E-state index contributed by atoms with van der Waals surface area (Å²) in [5.74, 6) is 0.699. The van der Waals surface area contributed by atoms with Crippen LogP contribution in [0.15, 0.2) is 21.3 Å². The lowest BCUT2D eigenvalue weighted by Crippen LogP contribution is -2.38. The maximum atomic E-state index is 11.2. The van der Waals surface area contributed by atoms with Crippen LogP contribution in [0.4, 0.5) is 0 Å². The van der Waals surface area contributed by atoms with Crippen molar-refractivity contribution >= 4 is 51.3 Å². The predicted octanol–water partition coefficient (Wildman–Crippen LogP) is 1.50. The minimum Gasteiger partial charge on any atom is -0.382 e. The second-order valence-electron chi connectivity index (χ2n) is 4.44. The lowest BCUT2D eigenvalue weighted by Gasteiger charge is -2.10. The Kier molecular flexibility index (Phi) is 11.8. The van der Waals surface area contributed by atoms with E-state index in [1.54, 1.807) is 6.07 Å². The molecule has 7 nitrogen and oxygen atoms in total. The Morgan fingerprint density at radius 3 is 2.65 bits per heavy atom. The van der Waals surface area contributed by atoms with Crippen LogP contribution < -0.4 is 15.8 Å². The lowest BCUT2D eigenvalue weighted by atomic mass is 10.4. The quantitative estimate of drug-likeness (QED) is 0.217. The third kappa shape index (κ3) is 9.45. The van der Waals surface area contributed by atoms with E-state index in [0.29, 0.717) is 19.1 Å². The minimum absolute atomic E-state index is 0. The van der Waals surface area contributed by atoms with Gasteiger partial charge in [0.1, 0.15) is 4.21 Å². The molecule has 1 rings (SSSR count). The van der Waals surface area contributed by atoms with E-state index in [0.717, 1.165) is 42.3 Å². The van der Waals surface area contributed by atoms with Crippen LogP contribution in [-0.2, 0) is 21.3 Å². The van der Waals surface area contributed by atoms with Crippen LogP contribution in [0.2, 0.25) is 0 Å². The van der Waals surface area contributed by atoms with Gasteiger partial charge in [-0.3, -0.25) is 0 Å². The summed E-state index contributed by atoms with van der Waals surface area (Å²) in [7, 11) is -3.63. The number of aliphatic imine (C=N–C) groups is 1. The Bertz CT molecular complexity index is 576. The molecule has 0 fully saturated rings. The van der Waals surface area contributed by atoms with Gasteiger partial charge in [-0.15, -0.1) is 35.3 Å². The first-order valence-electron chi connectivity index (χ1n) is 7.18. The Hall–Kier alpha value is -0.430. The number of ether oxygens (including phenoxy) is 1. The number of thiophene rings is 1. The summed E-state index contributed by atoms with van der Waals surface area (Å²) in [6, 6.07) is 3.24. The van der Waals surface area contributed by atoms with Crippen molar-refractivity contribution in [3.8, 4) is 0 Å². The number of nitrogens with two attached hydrogens (primary N) is 1. The van der Waals surface area contributed by atoms with Gasteiger partial charge in [-0.1, -0.05) is 0 Å². The summed E-state index contributed by atoms with van der Waals surface area (Å²) in [5, 5.41) is 11.4. The van der Waals surface area contributed by atoms with Gasteiger partial charge >= 0.3 is 0 Å². The summed E-state index contributed by atoms with van der Waals surface area (Å²) in [6.07, 6.45) is 0.896. The Balaban J connectivity index is 0.00000484. The standard InChI is InChI=1S/C13H24N4O3S2.HI/c1-3-15-13(16-8-5-9-20-4-2)17-10-11-6-7-12(21-11)22(14,18)19;/h6-7H,3-5,8-10H2,1-2H3,(H2,14,18,19)(H2,15,16,17);1H. The zero-order valence-corrected chi connectivity index (χ0v) is 17.3. The number of hydrogen-bond acceptors (Lipinski definition) is 5. The molecule has 0 aliphatic heterocycles. The van der Waals surface area contributed by atoms with Gasteiger partial charge < -0.3 is 15.4 Å². The first kappa shape index (κ1) is 22.6. The molecule has 134 valence electrons. The maximum Gasteiger partial charge on any atom is 0.247 e. The molecule has 1 aromatic rings. The topological polar surface area (TPSA) is 106 Å².